The summed E-state index contributed by atoms with van der Waals surface area (Å²) >= 11 is 0. The maximum absolute atomic E-state index is 13.0. The van der Waals surface area contributed by atoms with E-state index in [0.717, 1.165) is 29.7 Å². The zero-order valence-corrected chi connectivity index (χ0v) is 18.5. The van der Waals surface area contributed by atoms with Gasteiger partial charge in [-0.25, -0.2) is 5.01 Å². The van der Waals surface area contributed by atoms with Crippen LogP contribution in [0.4, 0.5) is 5.69 Å². The standard InChI is InChI=1S/C25H28N4O3/c1-17-6-3-7-18(14-17)19-8-4-10-21(15-19)26-24(31)20-9-5-13-29(16-20)25(32)22-11-12-23(30)28(2)27-22/h3-4,6-8,10,14-15,20H,5,9,11-13,16H2,1-2H3,(H,26,31). The van der Waals surface area contributed by atoms with Crippen LogP contribution >= 0.6 is 0 Å². The van der Waals surface area contributed by atoms with E-state index in [1.54, 1.807) is 11.9 Å². The molecule has 0 radical (unpaired) electrons. The van der Waals surface area contributed by atoms with Gasteiger partial charge in [-0.3, -0.25) is 14.4 Å². The molecule has 0 saturated carbocycles. The van der Waals surface area contributed by atoms with E-state index in [1.807, 2.05) is 30.3 Å². The van der Waals surface area contributed by atoms with Gasteiger partial charge in [-0.15, -0.1) is 0 Å². The molecular weight excluding hydrogens is 404 g/mol. The van der Waals surface area contributed by atoms with Crippen LogP contribution in [0, 0.1) is 12.8 Å². The Morgan fingerprint density at radius 1 is 1.06 bits per heavy atom. The predicted molar refractivity (Wildman–Crippen MR) is 124 cm³/mol. The van der Waals surface area contributed by atoms with Crippen molar-refractivity contribution >= 4 is 29.1 Å². The Balaban J connectivity index is 1.42. The summed E-state index contributed by atoms with van der Waals surface area (Å²) in [7, 11) is 1.56. The fourth-order valence-electron chi connectivity index (χ4n) is 4.23. The van der Waals surface area contributed by atoms with Crippen molar-refractivity contribution in [3.8, 4) is 11.1 Å². The largest absolute Gasteiger partial charge is 0.337 e. The molecule has 1 unspecified atom stereocenters. The van der Waals surface area contributed by atoms with Crippen LogP contribution in [0.3, 0.4) is 0 Å². The second-order valence-corrected chi connectivity index (χ2v) is 8.49. The molecule has 7 heteroatoms. The van der Waals surface area contributed by atoms with Gasteiger partial charge in [0, 0.05) is 38.7 Å². The average molecular weight is 433 g/mol. The van der Waals surface area contributed by atoms with Crippen molar-refractivity contribution in [1.29, 1.82) is 0 Å². The lowest BCUT2D eigenvalue weighted by Crippen LogP contribution is -2.47. The molecule has 1 N–H and O–H groups in total. The highest BCUT2D eigenvalue weighted by Gasteiger charge is 2.32. The first-order valence-electron chi connectivity index (χ1n) is 11.0. The molecule has 0 spiro atoms. The minimum Gasteiger partial charge on any atom is -0.337 e. The molecular formula is C25H28N4O3. The summed E-state index contributed by atoms with van der Waals surface area (Å²) in [6.45, 7) is 3.01. The van der Waals surface area contributed by atoms with Gasteiger partial charge in [0.1, 0.15) is 5.71 Å². The van der Waals surface area contributed by atoms with E-state index < -0.39 is 0 Å². The van der Waals surface area contributed by atoms with Crippen LogP contribution in [-0.4, -0.2) is 53.5 Å². The number of aryl methyl sites for hydroxylation is 1. The number of carbonyl (C=O) groups is 3. The van der Waals surface area contributed by atoms with Crippen LogP contribution in [0.2, 0.25) is 0 Å². The summed E-state index contributed by atoms with van der Waals surface area (Å²) in [5.74, 6) is -0.630. The van der Waals surface area contributed by atoms with Crippen molar-refractivity contribution in [2.24, 2.45) is 11.0 Å². The number of rotatable bonds is 4. The van der Waals surface area contributed by atoms with E-state index >= 15 is 0 Å². The molecule has 0 bridgehead atoms. The highest BCUT2D eigenvalue weighted by molar-refractivity contribution is 6.39. The molecule has 1 fully saturated rings. The molecule has 166 valence electrons. The molecule has 2 heterocycles. The summed E-state index contributed by atoms with van der Waals surface area (Å²) in [5.41, 5.74) is 4.46. The van der Waals surface area contributed by atoms with Gasteiger partial charge >= 0.3 is 0 Å². The van der Waals surface area contributed by atoms with E-state index in [0.29, 0.717) is 25.2 Å². The highest BCUT2D eigenvalue weighted by atomic mass is 16.2. The van der Waals surface area contributed by atoms with Gasteiger partial charge in [0.25, 0.3) is 5.91 Å². The number of amides is 3. The van der Waals surface area contributed by atoms with Crippen LogP contribution in [0.5, 0.6) is 0 Å². The SMILES string of the molecule is Cc1cccc(-c2cccc(NC(=O)C3CCCN(C(=O)C4=NN(C)C(=O)CC4)C3)c2)c1. The van der Waals surface area contributed by atoms with Crippen LogP contribution in [0.25, 0.3) is 11.1 Å². The molecule has 2 aliphatic heterocycles. The van der Waals surface area contributed by atoms with E-state index in [4.69, 9.17) is 0 Å². The number of benzene rings is 2. The second kappa shape index (κ2) is 9.34. The summed E-state index contributed by atoms with van der Waals surface area (Å²) in [5, 5.41) is 8.39. The van der Waals surface area contributed by atoms with Crippen molar-refractivity contribution in [3.63, 3.8) is 0 Å². The third-order valence-corrected chi connectivity index (χ3v) is 6.02. The molecule has 0 aliphatic carbocycles. The van der Waals surface area contributed by atoms with Crippen molar-refractivity contribution in [3.05, 3.63) is 54.1 Å². The van der Waals surface area contributed by atoms with Crippen LogP contribution in [-0.2, 0) is 14.4 Å². The first kappa shape index (κ1) is 21.7. The van der Waals surface area contributed by atoms with E-state index in [9.17, 15) is 14.4 Å². The summed E-state index contributed by atoms with van der Waals surface area (Å²) in [6, 6.07) is 16.1. The second-order valence-electron chi connectivity index (χ2n) is 8.49. The molecule has 3 amide bonds. The van der Waals surface area contributed by atoms with E-state index in [1.165, 1.54) is 10.6 Å². The lowest BCUT2D eigenvalue weighted by Gasteiger charge is -2.33. The number of anilines is 1. The zero-order valence-electron chi connectivity index (χ0n) is 18.5. The number of carbonyl (C=O) groups excluding carboxylic acids is 3. The highest BCUT2D eigenvalue weighted by Crippen LogP contribution is 2.25. The zero-order chi connectivity index (χ0) is 22.7. The fraction of sp³-hybridized carbons (Fsp3) is 0.360. The Kier molecular flexibility index (Phi) is 6.35. The van der Waals surface area contributed by atoms with Crippen LogP contribution in [0.15, 0.2) is 53.6 Å². The first-order valence-corrected chi connectivity index (χ1v) is 11.0. The third-order valence-electron chi connectivity index (χ3n) is 6.02. The smallest absolute Gasteiger partial charge is 0.270 e. The van der Waals surface area contributed by atoms with Crippen molar-refractivity contribution in [2.45, 2.75) is 32.6 Å². The van der Waals surface area contributed by atoms with Crippen LogP contribution in [0.1, 0.15) is 31.2 Å². The molecule has 32 heavy (non-hydrogen) atoms. The molecule has 0 aromatic heterocycles. The van der Waals surface area contributed by atoms with Gasteiger partial charge in [-0.2, -0.15) is 5.10 Å². The first-order chi connectivity index (χ1) is 15.4. The summed E-state index contributed by atoms with van der Waals surface area (Å²) in [6.07, 6.45) is 2.13. The Morgan fingerprint density at radius 2 is 1.81 bits per heavy atom. The summed E-state index contributed by atoms with van der Waals surface area (Å²) in [4.78, 5) is 39.2. The van der Waals surface area contributed by atoms with Gasteiger partial charge in [-0.1, -0.05) is 42.0 Å². The fourth-order valence-corrected chi connectivity index (χ4v) is 4.23. The van der Waals surface area contributed by atoms with E-state index in [2.05, 4.69) is 35.5 Å². The topological polar surface area (TPSA) is 82.1 Å². The third kappa shape index (κ3) is 4.88. The lowest BCUT2D eigenvalue weighted by atomic mass is 9.96. The Morgan fingerprint density at radius 3 is 2.56 bits per heavy atom. The number of hydrogen-bond acceptors (Lipinski definition) is 4. The Hall–Kier alpha value is -3.48. The van der Waals surface area contributed by atoms with Gasteiger partial charge in [0.15, 0.2) is 0 Å². The maximum Gasteiger partial charge on any atom is 0.270 e. The minimum absolute atomic E-state index is 0.0817. The Labute approximate surface area is 188 Å². The lowest BCUT2D eigenvalue weighted by molar-refractivity contribution is -0.131. The maximum atomic E-state index is 13.0. The number of hydrazone groups is 1. The normalized spacial score (nSPS) is 18.9. The monoisotopic (exact) mass is 432 g/mol. The number of likely N-dealkylation sites (tertiary alicyclic amines) is 1. The van der Waals surface area contributed by atoms with Gasteiger partial charge < -0.3 is 10.2 Å². The number of hydrogen-bond donors (Lipinski definition) is 1. The van der Waals surface area contributed by atoms with Crippen LogP contribution < -0.4 is 5.32 Å². The molecule has 2 aromatic carbocycles. The van der Waals surface area contributed by atoms with Crippen molar-refractivity contribution < 1.29 is 14.4 Å². The average Bonchev–Trinajstić information content (AvgIpc) is 2.80. The number of nitrogens with zero attached hydrogens (tertiary/aromatic N) is 3. The summed E-state index contributed by atoms with van der Waals surface area (Å²) < 4.78 is 0. The minimum atomic E-state index is -0.279. The molecule has 2 aromatic rings. The molecule has 1 saturated heterocycles. The van der Waals surface area contributed by atoms with Gasteiger partial charge in [0.2, 0.25) is 11.8 Å². The molecule has 4 rings (SSSR count). The molecule has 2 aliphatic rings. The quantitative estimate of drug-likeness (QED) is 0.803. The molecule has 1 atom stereocenters. The van der Waals surface area contributed by atoms with Gasteiger partial charge in [-0.05, 0) is 43.0 Å². The van der Waals surface area contributed by atoms with E-state index in [-0.39, 0.29) is 30.1 Å². The number of nitrogens with one attached hydrogen (secondary N) is 1. The molecule has 7 nitrogen and oxygen atoms in total. The predicted octanol–water partition coefficient (Wildman–Crippen LogP) is 3.45. The van der Waals surface area contributed by atoms with Gasteiger partial charge in [0.05, 0.1) is 5.92 Å². The van der Waals surface area contributed by atoms with Crippen molar-refractivity contribution in [1.82, 2.24) is 9.91 Å². The Bertz CT molecular complexity index is 1080. The number of piperidine rings is 1. The van der Waals surface area contributed by atoms with Crippen molar-refractivity contribution in [2.75, 3.05) is 25.5 Å².